The molecule has 2 aliphatic rings. The van der Waals surface area contributed by atoms with Crippen molar-refractivity contribution in [1.82, 2.24) is 10.2 Å². The highest BCUT2D eigenvalue weighted by Crippen LogP contribution is 2.17. The minimum atomic E-state index is 0.488. The Balaban J connectivity index is 1.64. The van der Waals surface area contributed by atoms with E-state index < -0.39 is 0 Å². The van der Waals surface area contributed by atoms with Gasteiger partial charge in [-0.15, -0.1) is 0 Å². The number of ether oxygens (including phenoxy) is 1. The molecule has 0 amide bonds. The molecule has 2 saturated heterocycles. The highest BCUT2D eigenvalue weighted by molar-refractivity contribution is 4.74. The molecule has 0 aromatic heterocycles. The van der Waals surface area contributed by atoms with Crippen LogP contribution in [0.3, 0.4) is 0 Å². The van der Waals surface area contributed by atoms with Gasteiger partial charge in [-0.2, -0.15) is 0 Å². The number of hydrogen-bond donors (Lipinski definition) is 1. The first-order valence-electron chi connectivity index (χ1n) is 6.93. The van der Waals surface area contributed by atoms with Gasteiger partial charge in [0.1, 0.15) is 0 Å². The molecule has 0 aromatic rings. The maximum atomic E-state index is 5.70. The summed E-state index contributed by atoms with van der Waals surface area (Å²) < 4.78 is 5.70. The average Bonchev–Trinajstić information content (AvgIpc) is 2.38. The summed E-state index contributed by atoms with van der Waals surface area (Å²) in [6.45, 7) is 9.19. The number of nitrogens with one attached hydrogen (secondary N) is 1. The molecule has 1 unspecified atom stereocenters. The molecule has 0 bridgehead atoms. The second-order valence-corrected chi connectivity index (χ2v) is 5.18. The first kappa shape index (κ1) is 12.3. The summed E-state index contributed by atoms with van der Waals surface area (Å²) in [7, 11) is 0. The fourth-order valence-electron chi connectivity index (χ4n) is 2.77. The van der Waals surface area contributed by atoms with Crippen LogP contribution in [0, 0.1) is 5.92 Å². The third-order valence-electron chi connectivity index (χ3n) is 3.99. The van der Waals surface area contributed by atoms with Crippen molar-refractivity contribution in [2.24, 2.45) is 5.92 Å². The van der Waals surface area contributed by atoms with E-state index in [1.165, 1.54) is 38.9 Å². The molecule has 3 heteroatoms. The predicted octanol–water partition coefficient (Wildman–Crippen LogP) is 1.49. The smallest absolute Gasteiger partial charge is 0.0700 e. The predicted molar refractivity (Wildman–Crippen MR) is 66.7 cm³/mol. The molecule has 0 aliphatic carbocycles. The van der Waals surface area contributed by atoms with E-state index in [0.717, 1.165) is 32.0 Å². The van der Waals surface area contributed by atoms with Gasteiger partial charge < -0.3 is 10.1 Å². The van der Waals surface area contributed by atoms with E-state index in [1.54, 1.807) is 0 Å². The van der Waals surface area contributed by atoms with Gasteiger partial charge in [0.25, 0.3) is 0 Å². The Morgan fingerprint density at radius 2 is 2.12 bits per heavy atom. The van der Waals surface area contributed by atoms with E-state index in [1.807, 2.05) is 0 Å². The molecular weight excluding hydrogens is 200 g/mol. The molecule has 1 N–H and O–H groups in total. The number of hydrogen-bond acceptors (Lipinski definition) is 3. The van der Waals surface area contributed by atoms with Crippen molar-refractivity contribution >= 4 is 0 Å². The lowest BCUT2D eigenvalue weighted by Crippen LogP contribution is -2.43. The van der Waals surface area contributed by atoms with Gasteiger partial charge in [-0.25, -0.2) is 0 Å². The number of piperidine rings is 1. The zero-order chi connectivity index (χ0) is 11.2. The van der Waals surface area contributed by atoms with Crippen LogP contribution in [0.2, 0.25) is 0 Å². The molecule has 0 saturated carbocycles. The van der Waals surface area contributed by atoms with E-state index in [-0.39, 0.29) is 0 Å². The number of morpholine rings is 1. The molecule has 0 spiro atoms. The Hall–Kier alpha value is -0.120. The van der Waals surface area contributed by atoms with Crippen molar-refractivity contribution in [2.75, 3.05) is 39.3 Å². The third-order valence-corrected chi connectivity index (χ3v) is 3.99. The molecule has 3 nitrogen and oxygen atoms in total. The van der Waals surface area contributed by atoms with Gasteiger partial charge in [-0.1, -0.05) is 6.92 Å². The molecule has 2 aliphatic heterocycles. The van der Waals surface area contributed by atoms with Crippen LogP contribution in [-0.2, 0) is 4.74 Å². The fourth-order valence-corrected chi connectivity index (χ4v) is 2.77. The standard InChI is InChI=1S/C13H26N2O/c1-2-13-11-15(9-10-16-13)8-5-12-3-6-14-7-4-12/h12-14H,2-11H2,1H3. The summed E-state index contributed by atoms with van der Waals surface area (Å²) in [6, 6.07) is 0. The normalized spacial score (nSPS) is 29.4. The van der Waals surface area contributed by atoms with E-state index in [0.29, 0.717) is 6.10 Å². The summed E-state index contributed by atoms with van der Waals surface area (Å²) in [5.41, 5.74) is 0. The minimum absolute atomic E-state index is 0.488. The van der Waals surface area contributed by atoms with Crippen LogP contribution < -0.4 is 5.32 Å². The highest BCUT2D eigenvalue weighted by Gasteiger charge is 2.20. The molecule has 94 valence electrons. The van der Waals surface area contributed by atoms with Crippen LogP contribution in [0.4, 0.5) is 0 Å². The lowest BCUT2D eigenvalue weighted by molar-refractivity contribution is -0.0312. The van der Waals surface area contributed by atoms with E-state index in [4.69, 9.17) is 4.74 Å². The zero-order valence-electron chi connectivity index (χ0n) is 10.6. The third kappa shape index (κ3) is 3.72. The first-order chi connectivity index (χ1) is 7.88. The lowest BCUT2D eigenvalue weighted by atomic mass is 9.94. The topological polar surface area (TPSA) is 24.5 Å². The molecule has 2 heterocycles. The lowest BCUT2D eigenvalue weighted by Gasteiger charge is -2.33. The molecule has 16 heavy (non-hydrogen) atoms. The van der Waals surface area contributed by atoms with Crippen molar-refractivity contribution in [2.45, 2.75) is 38.7 Å². The van der Waals surface area contributed by atoms with Crippen LogP contribution in [0.1, 0.15) is 32.6 Å². The Kier molecular flexibility index (Phi) is 5.07. The molecular formula is C13H26N2O. The van der Waals surface area contributed by atoms with Gasteiger partial charge in [0.05, 0.1) is 12.7 Å². The van der Waals surface area contributed by atoms with Crippen LogP contribution in [-0.4, -0.2) is 50.3 Å². The van der Waals surface area contributed by atoms with Gasteiger partial charge in [-0.3, -0.25) is 4.90 Å². The Morgan fingerprint density at radius 3 is 2.88 bits per heavy atom. The number of nitrogens with zero attached hydrogens (tertiary/aromatic N) is 1. The van der Waals surface area contributed by atoms with Crippen molar-refractivity contribution in [1.29, 1.82) is 0 Å². The zero-order valence-corrected chi connectivity index (χ0v) is 10.6. The maximum absolute atomic E-state index is 5.70. The van der Waals surface area contributed by atoms with Crippen LogP contribution in [0.25, 0.3) is 0 Å². The monoisotopic (exact) mass is 226 g/mol. The Labute approximate surface area is 99.5 Å². The van der Waals surface area contributed by atoms with Gasteiger partial charge in [-0.05, 0) is 51.2 Å². The van der Waals surface area contributed by atoms with Gasteiger partial charge in [0.2, 0.25) is 0 Å². The second kappa shape index (κ2) is 6.58. The molecule has 0 radical (unpaired) electrons. The summed E-state index contributed by atoms with van der Waals surface area (Å²) in [5.74, 6) is 0.962. The van der Waals surface area contributed by atoms with Gasteiger partial charge in [0, 0.05) is 13.1 Å². The van der Waals surface area contributed by atoms with Crippen molar-refractivity contribution < 1.29 is 4.74 Å². The maximum Gasteiger partial charge on any atom is 0.0700 e. The number of rotatable bonds is 4. The average molecular weight is 226 g/mol. The highest BCUT2D eigenvalue weighted by atomic mass is 16.5. The summed E-state index contributed by atoms with van der Waals surface area (Å²) in [5, 5.41) is 3.44. The van der Waals surface area contributed by atoms with E-state index in [2.05, 4.69) is 17.1 Å². The Morgan fingerprint density at radius 1 is 1.31 bits per heavy atom. The molecule has 2 fully saturated rings. The van der Waals surface area contributed by atoms with Crippen LogP contribution in [0.5, 0.6) is 0 Å². The molecule has 1 atom stereocenters. The quantitative estimate of drug-likeness (QED) is 0.786. The molecule has 0 aromatic carbocycles. The summed E-state index contributed by atoms with van der Waals surface area (Å²) in [6.07, 6.45) is 5.78. The fraction of sp³-hybridized carbons (Fsp3) is 1.00. The van der Waals surface area contributed by atoms with Gasteiger partial charge in [0.15, 0.2) is 0 Å². The first-order valence-corrected chi connectivity index (χ1v) is 6.93. The minimum Gasteiger partial charge on any atom is -0.376 e. The van der Waals surface area contributed by atoms with Crippen LogP contribution in [0.15, 0.2) is 0 Å². The SMILES string of the molecule is CCC1CN(CCC2CCNCC2)CCO1. The van der Waals surface area contributed by atoms with Crippen molar-refractivity contribution in [3.05, 3.63) is 0 Å². The molecule has 2 rings (SSSR count). The van der Waals surface area contributed by atoms with Crippen molar-refractivity contribution in [3.8, 4) is 0 Å². The Bertz CT molecular complexity index is 192. The summed E-state index contributed by atoms with van der Waals surface area (Å²) >= 11 is 0. The largest absolute Gasteiger partial charge is 0.376 e. The van der Waals surface area contributed by atoms with Gasteiger partial charge >= 0.3 is 0 Å². The van der Waals surface area contributed by atoms with E-state index >= 15 is 0 Å². The van der Waals surface area contributed by atoms with Crippen molar-refractivity contribution in [3.63, 3.8) is 0 Å². The van der Waals surface area contributed by atoms with E-state index in [9.17, 15) is 0 Å². The van der Waals surface area contributed by atoms with Crippen LogP contribution >= 0.6 is 0 Å². The second-order valence-electron chi connectivity index (χ2n) is 5.18. The summed E-state index contributed by atoms with van der Waals surface area (Å²) in [4.78, 5) is 2.60.